The van der Waals surface area contributed by atoms with Crippen LogP contribution in [0.4, 0.5) is 0 Å². The second-order valence-electron chi connectivity index (χ2n) is 4.51. The van der Waals surface area contributed by atoms with Crippen LogP contribution in [0.15, 0.2) is 21.3 Å². The van der Waals surface area contributed by atoms with Crippen molar-refractivity contribution < 1.29 is 9.05 Å². The fourth-order valence-electron chi connectivity index (χ4n) is 2.38. The van der Waals surface area contributed by atoms with Gasteiger partial charge in [-0.25, -0.2) is 0 Å². The Kier molecular flexibility index (Phi) is 3.10. The van der Waals surface area contributed by atoms with Crippen LogP contribution in [0, 0.1) is 0 Å². The number of hydrogen-bond donors (Lipinski definition) is 0. The van der Waals surface area contributed by atoms with Crippen molar-refractivity contribution in [2.75, 3.05) is 6.54 Å². The lowest BCUT2D eigenvalue weighted by Crippen LogP contribution is -2.23. The van der Waals surface area contributed by atoms with Crippen LogP contribution >= 0.6 is 0 Å². The highest BCUT2D eigenvalue weighted by Crippen LogP contribution is 2.31. The van der Waals surface area contributed by atoms with Gasteiger partial charge in [0.1, 0.15) is 0 Å². The van der Waals surface area contributed by atoms with Gasteiger partial charge in [0.25, 0.3) is 0 Å². The zero-order valence-corrected chi connectivity index (χ0v) is 10.4. The van der Waals surface area contributed by atoms with E-state index in [1.807, 2.05) is 13.0 Å². The maximum atomic E-state index is 5.19. The van der Waals surface area contributed by atoms with Crippen LogP contribution in [0.5, 0.6) is 0 Å². The molecule has 96 valence electrons. The number of rotatable bonds is 4. The molecule has 18 heavy (non-hydrogen) atoms. The van der Waals surface area contributed by atoms with E-state index < -0.39 is 0 Å². The molecule has 0 N–H and O–H groups in total. The summed E-state index contributed by atoms with van der Waals surface area (Å²) in [6, 6.07) is 2.13. The molecule has 0 unspecified atom stereocenters. The van der Waals surface area contributed by atoms with Gasteiger partial charge in [-0.2, -0.15) is 4.98 Å². The number of aromatic nitrogens is 3. The molecule has 6 heteroatoms. The minimum Gasteiger partial charge on any atom is -0.360 e. The van der Waals surface area contributed by atoms with E-state index in [1.54, 1.807) is 6.20 Å². The average molecular weight is 248 g/mol. The summed E-state index contributed by atoms with van der Waals surface area (Å²) in [4.78, 5) is 6.73. The summed E-state index contributed by atoms with van der Waals surface area (Å²) >= 11 is 0. The second-order valence-corrected chi connectivity index (χ2v) is 4.51. The summed E-state index contributed by atoms with van der Waals surface area (Å²) < 4.78 is 10.3. The van der Waals surface area contributed by atoms with Gasteiger partial charge in [0.05, 0.1) is 18.8 Å². The molecular weight excluding hydrogens is 232 g/mol. The van der Waals surface area contributed by atoms with Crippen molar-refractivity contribution >= 4 is 0 Å². The maximum absolute atomic E-state index is 5.19. The molecule has 2 aromatic rings. The van der Waals surface area contributed by atoms with E-state index in [-0.39, 0.29) is 6.04 Å². The summed E-state index contributed by atoms with van der Waals surface area (Å²) in [5, 5.41) is 7.80. The molecule has 1 saturated heterocycles. The minimum absolute atomic E-state index is 0.235. The van der Waals surface area contributed by atoms with Gasteiger partial charge in [0.15, 0.2) is 11.6 Å². The lowest BCUT2D eigenvalue weighted by atomic mass is 10.2. The smallest absolute Gasteiger partial charge is 0.226 e. The third kappa shape index (κ3) is 2.15. The fraction of sp³-hybridized carbons (Fsp3) is 0.583. The van der Waals surface area contributed by atoms with Crippen molar-refractivity contribution in [3.05, 3.63) is 29.7 Å². The van der Waals surface area contributed by atoms with Crippen molar-refractivity contribution in [1.29, 1.82) is 0 Å². The van der Waals surface area contributed by atoms with Crippen molar-refractivity contribution in [3.8, 4) is 0 Å². The molecule has 6 nitrogen and oxygen atoms in total. The van der Waals surface area contributed by atoms with E-state index in [2.05, 4.69) is 20.2 Å². The van der Waals surface area contributed by atoms with Gasteiger partial charge >= 0.3 is 0 Å². The molecule has 0 spiro atoms. The summed E-state index contributed by atoms with van der Waals surface area (Å²) in [7, 11) is 0. The van der Waals surface area contributed by atoms with Crippen molar-refractivity contribution in [3.63, 3.8) is 0 Å². The quantitative estimate of drug-likeness (QED) is 0.823. The molecule has 3 rings (SSSR count). The molecular formula is C12H16N4O2. The van der Waals surface area contributed by atoms with Crippen LogP contribution < -0.4 is 0 Å². The lowest BCUT2D eigenvalue weighted by molar-refractivity contribution is 0.207. The lowest BCUT2D eigenvalue weighted by Gasteiger charge is -2.19. The van der Waals surface area contributed by atoms with Crippen LogP contribution in [-0.2, 0) is 13.0 Å². The van der Waals surface area contributed by atoms with Gasteiger partial charge in [-0.15, -0.1) is 0 Å². The largest absolute Gasteiger partial charge is 0.360 e. The van der Waals surface area contributed by atoms with Crippen LogP contribution in [0.25, 0.3) is 0 Å². The highest BCUT2D eigenvalue weighted by atomic mass is 16.5. The number of aryl methyl sites for hydroxylation is 1. The van der Waals surface area contributed by atoms with Gasteiger partial charge in [-0.05, 0) is 19.4 Å². The average Bonchev–Trinajstić information content (AvgIpc) is 3.09. The molecule has 0 saturated carbocycles. The van der Waals surface area contributed by atoms with Gasteiger partial charge < -0.3 is 9.05 Å². The first kappa shape index (κ1) is 11.4. The molecule has 0 aliphatic carbocycles. The number of nitrogens with zero attached hydrogens (tertiary/aromatic N) is 4. The monoisotopic (exact) mass is 248 g/mol. The third-order valence-electron chi connectivity index (χ3n) is 3.30. The highest BCUT2D eigenvalue weighted by Gasteiger charge is 2.30. The fourth-order valence-corrected chi connectivity index (χ4v) is 2.38. The first-order chi connectivity index (χ1) is 8.86. The van der Waals surface area contributed by atoms with Gasteiger partial charge in [0.2, 0.25) is 5.89 Å². The van der Waals surface area contributed by atoms with Crippen molar-refractivity contribution in [2.24, 2.45) is 0 Å². The Morgan fingerprint density at radius 1 is 1.44 bits per heavy atom. The Hall–Kier alpha value is -1.69. The molecule has 0 radical (unpaired) electrons. The SMILES string of the molecule is CCc1nc([C@H]2CCCN2Cc2ccno2)no1. The number of likely N-dealkylation sites (tertiary alicyclic amines) is 1. The van der Waals surface area contributed by atoms with Gasteiger partial charge in [-0.1, -0.05) is 17.2 Å². The van der Waals surface area contributed by atoms with Crippen molar-refractivity contribution in [2.45, 2.75) is 38.8 Å². The Morgan fingerprint density at radius 2 is 2.39 bits per heavy atom. The topological polar surface area (TPSA) is 68.2 Å². The van der Waals surface area contributed by atoms with Gasteiger partial charge in [0, 0.05) is 12.5 Å². The van der Waals surface area contributed by atoms with E-state index >= 15 is 0 Å². The van der Waals surface area contributed by atoms with E-state index in [4.69, 9.17) is 9.05 Å². The molecule has 1 aliphatic rings. The molecule has 2 aromatic heterocycles. The standard InChI is InChI=1S/C12H16N4O2/c1-2-11-14-12(15-18-11)10-4-3-7-16(10)8-9-5-6-13-17-9/h5-6,10H,2-4,7-8H2,1H3/t10-/m1/s1. The second kappa shape index (κ2) is 4.89. The molecule has 0 amide bonds. The molecule has 0 aromatic carbocycles. The highest BCUT2D eigenvalue weighted by molar-refractivity contribution is 5.01. The Bertz CT molecular complexity index is 494. The first-order valence-corrected chi connectivity index (χ1v) is 6.33. The number of hydrogen-bond acceptors (Lipinski definition) is 6. The summed E-state index contributed by atoms with van der Waals surface area (Å²) in [5.74, 6) is 2.38. The van der Waals surface area contributed by atoms with Crippen LogP contribution in [0.2, 0.25) is 0 Å². The predicted molar refractivity (Wildman–Crippen MR) is 62.6 cm³/mol. The predicted octanol–water partition coefficient (Wildman–Crippen LogP) is 1.96. The normalized spacial score (nSPS) is 20.6. The molecule has 3 heterocycles. The first-order valence-electron chi connectivity index (χ1n) is 6.33. The molecule has 1 aliphatic heterocycles. The Balaban J connectivity index is 1.74. The van der Waals surface area contributed by atoms with Crippen LogP contribution in [0.3, 0.4) is 0 Å². The molecule has 1 atom stereocenters. The van der Waals surface area contributed by atoms with E-state index in [9.17, 15) is 0 Å². The van der Waals surface area contributed by atoms with Crippen molar-refractivity contribution in [1.82, 2.24) is 20.2 Å². The zero-order valence-electron chi connectivity index (χ0n) is 10.4. The Morgan fingerprint density at radius 3 is 3.11 bits per heavy atom. The molecule has 0 bridgehead atoms. The van der Waals surface area contributed by atoms with E-state index in [0.29, 0.717) is 5.89 Å². The Labute approximate surface area is 105 Å². The zero-order chi connectivity index (χ0) is 12.4. The molecule has 1 fully saturated rings. The minimum atomic E-state index is 0.235. The summed E-state index contributed by atoms with van der Waals surface area (Å²) in [6.45, 7) is 3.79. The maximum Gasteiger partial charge on any atom is 0.226 e. The van der Waals surface area contributed by atoms with Crippen LogP contribution in [-0.4, -0.2) is 26.7 Å². The summed E-state index contributed by atoms with van der Waals surface area (Å²) in [6.07, 6.45) is 4.66. The van der Waals surface area contributed by atoms with Crippen LogP contribution in [0.1, 0.15) is 43.3 Å². The van der Waals surface area contributed by atoms with E-state index in [0.717, 1.165) is 43.9 Å². The van der Waals surface area contributed by atoms with Gasteiger partial charge in [-0.3, -0.25) is 4.90 Å². The summed E-state index contributed by atoms with van der Waals surface area (Å²) in [5.41, 5.74) is 0. The van der Waals surface area contributed by atoms with E-state index in [1.165, 1.54) is 0 Å². The third-order valence-corrected chi connectivity index (χ3v) is 3.30.